The summed E-state index contributed by atoms with van der Waals surface area (Å²) >= 11 is 0. The molecule has 0 aromatic rings. The SMILES string of the molecule is CCCCCCC/C=C\CCCCCCCC(=O)OCCCCCCCCCC/C=C\CCCCCCCCCC(=O)NC(CO)C(O)/C=C/CCCCCCCCCCCCCCCCCCCCC. The Balaban J connectivity index is 3.48. The van der Waals surface area contributed by atoms with Crippen LogP contribution >= 0.6 is 0 Å². The average Bonchev–Trinajstić information content (AvgIpc) is 3.37. The topological polar surface area (TPSA) is 95.9 Å². The van der Waals surface area contributed by atoms with Crippen molar-refractivity contribution in [3.63, 3.8) is 0 Å². The van der Waals surface area contributed by atoms with Crippen LogP contribution in [0.4, 0.5) is 0 Å². The minimum atomic E-state index is -0.852. The van der Waals surface area contributed by atoms with E-state index in [1.165, 1.54) is 263 Å². The number of rotatable bonds is 59. The molecule has 0 aliphatic heterocycles. The van der Waals surface area contributed by atoms with E-state index in [1.807, 2.05) is 6.08 Å². The quantitative estimate of drug-likeness (QED) is 0.0321. The van der Waals surface area contributed by atoms with E-state index in [0.717, 1.165) is 51.4 Å². The largest absolute Gasteiger partial charge is 0.466 e. The molecule has 2 atom stereocenters. The molecule has 0 aliphatic carbocycles. The van der Waals surface area contributed by atoms with Crippen molar-refractivity contribution < 1.29 is 24.5 Å². The lowest BCUT2D eigenvalue weighted by atomic mass is 10.0. The van der Waals surface area contributed by atoms with E-state index in [-0.39, 0.29) is 18.5 Å². The number of carbonyl (C=O) groups excluding carboxylic acids is 2. The highest BCUT2D eigenvalue weighted by molar-refractivity contribution is 5.76. The molecule has 6 nitrogen and oxygen atoms in total. The fraction of sp³-hybridized carbons (Fsp3) is 0.877. The first-order chi connectivity index (χ1) is 35.0. The highest BCUT2D eigenvalue weighted by Gasteiger charge is 2.18. The van der Waals surface area contributed by atoms with Crippen LogP contribution in [0.5, 0.6) is 0 Å². The van der Waals surface area contributed by atoms with Crippen LogP contribution in [0.3, 0.4) is 0 Å². The number of nitrogens with one attached hydrogen (secondary N) is 1. The van der Waals surface area contributed by atoms with Crippen LogP contribution < -0.4 is 5.32 Å². The van der Waals surface area contributed by atoms with Crippen LogP contribution in [0.15, 0.2) is 36.5 Å². The molecule has 0 saturated heterocycles. The smallest absolute Gasteiger partial charge is 0.305 e. The molecule has 0 saturated carbocycles. The van der Waals surface area contributed by atoms with Gasteiger partial charge >= 0.3 is 5.97 Å². The number of amides is 1. The molecule has 0 aliphatic rings. The molecule has 0 aromatic carbocycles. The zero-order valence-corrected chi connectivity index (χ0v) is 47.7. The van der Waals surface area contributed by atoms with Crippen molar-refractivity contribution in [3.8, 4) is 0 Å². The van der Waals surface area contributed by atoms with E-state index in [2.05, 4.69) is 43.5 Å². The summed E-state index contributed by atoms with van der Waals surface area (Å²) in [5.41, 5.74) is 0. The van der Waals surface area contributed by atoms with E-state index in [1.54, 1.807) is 6.08 Å². The molecule has 0 heterocycles. The summed E-state index contributed by atoms with van der Waals surface area (Å²) < 4.78 is 5.47. The van der Waals surface area contributed by atoms with Gasteiger partial charge in [0.15, 0.2) is 0 Å². The zero-order valence-electron chi connectivity index (χ0n) is 47.7. The highest BCUT2D eigenvalue weighted by atomic mass is 16.5. The molecular weight excluding hydrogens is 875 g/mol. The number of aliphatic hydroxyl groups excluding tert-OH is 2. The molecule has 0 fully saturated rings. The lowest BCUT2D eigenvalue weighted by Crippen LogP contribution is -2.45. The van der Waals surface area contributed by atoms with Crippen LogP contribution in [0, 0.1) is 0 Å². The van der Waals surface area contributed by atoms with Gasteiger partial charge in [-0.05, 0) is 83.5 Å². The molecule has 0 aromatic heterocycles. The monoisotopic (exact) mass is 998 g/mol. The number of carbonyl (C=O) groups is 2. The van der Waals surface area contributed by atoms with E-state index >= 15 is 0 Å². The van der Waals surface area contributed by atoms with Crippen molar-refractivity contribution in [1.82, 2.24) is 5.32 Å². The minimum Gasteiger partial charge on any atom is -0.466 e. The van der Waals surface area contributed by atoms with Gasteiger partial charge in [-0.25, -0.2) is 0 Å². The van der Waals surface area contributed by atoms with Gasteiger partial charge in [-0.2, -0.15) is 0 Å². The number of unbranched alkanes of at least 4 members (excludes halogenated alkanes) is 44. The van der Waals surface area contributed by atoms with Gasteiger partial charge in [-0.1, -0.05) is 281 Å². The highest BCUT2D eigenvalue weighted by Crippen LogP contribution is 2.17. The maximum Gasteiger partial charge on any atom is 0.305 e. The third-order valence-corrected chi connectivity index (χ3v) is 14.6. The second kappa shape index (κ2) is 60.6. The van der Waals surface area contributed by atoms with E-state index in [4.69, 9.17) is 4.74 Å². The van der Waals surface area contributed by atoms with Crippen molar-refractivity contribution in [3.05, 3.63) is 36.5 Å². The van der Waals surface area contributed by atoms with Gasteiger partial charge in [-0.3, -0.25) is 9.59 Å². The number of esters is 1. The summed E-state index contributed by atoms with van der Waals surface area (Å²) in [5.74, 6) is -0.0803. The van der Waals surface area contributed by atoms with Gasteiger partial charge < -0.3 is 20.3 Å². The van der Waals surface area contributed by atoms with Gasteiger partial charge in [0.25, 0.3) is 0 Å². The third kappa shape index (κ3) is 57.2. The van der Waals surface area contributed by atoms with Crippen LogP contribution in [-0.2, 0) is 14.3 Å². The Kier molecular flexibility index (Phi) is 59.0. The normalized spacial score (nSPS) is 12.8. The summed E-state index contributed by atoms with van der Waals surface area (Å²) in [5, 5.41) is 23.2. The molecule has 0 radical (unpaired) electrons. The van der Waals surface area contributed by atoms with Crippen LogP contribution in [-0.4, -0.2) is 47.4 Å². The predicted octanol–water partition coefficient (Wildman–Crippen LogP) is 20.0. The lowest BCUT2D eigenvalue weighted by molar-refractivity contribution is -0.143. The molecule has 2 unspecified atom stereocenters. The number of hydrogen-bond donors (Lipinski definition) is 3. The Morgan fingerprint density at radius 1 is 0.380 bits per heavy atom. The van der Waals surface area contributed by atoms with Gasteiger partial charge in [0, 0.05) is 12.8 Å². The first-order valence-corrected chi connectivity index (χ1v) is 31.8. The zero-order chi connectivity index (χ0) is 51.4. The molecule has 0 spiro atoms. The lowest BCUT2D eigenvalue weighted by Gasteiger charge is -2.20. The fourth-order valence-electron chi connectivity index (χ4n) is 9.74. The minimum absolute atomic E-state index is 0.00513. The fourth-order valence-corrected chi connectivity index (χ4v) is 9.74. The second-order valence-electron chi connectivity index (χ2n) is 21.7. The van der Waals surface area contributed by atoms with Crippen molar-refractivity contribution in [1.29, 1.82) is 0 Å². The Labute approximate surface area is 443 Å². The number of hydrogen-bond acceptors (Lipinski definition) is 5. The van der Waals surface area contributed by atoms with Crippen molar-refractivity contribution in [2.75, 3.05) is 13.2 Å². The van der Waals surface area contributed by atoms with Crippen molar-refractivity contribution in [2.24, 2.45) is 0 Å². The molecular formula is C65H123NO5. The summed E-state index contributed by atoms with van der Waals surface area (Å²) in [6.45, 7) is 4.90. The number of ether oxygens (including phenoxy) is 1. The third-order valence-electron chi connectivity index (χ3n) is 14.6. The van der Waals surface area contributed by atoms with Crippen LogP contribution in [0.1, 0.15) is 341 Å². The molecule has 71 heavy (non-hydrogen) atoms. The maximum absolute atomic E-state index is 12.5. The number of aliphatic hydroxyl groups is 2. The molecule has 0 rings (SSSR count). The standard InChI is InChI=1S/C65H123NO5/c1-3-5-7-9-11-13-15-17-19-20-21-22-24-27-30-33-37-41-45-49-53-57-63(68)62(61-67)66-64(69)58-54-50-46-42-38-34-31-28-25-23-26-29-32-36-40-44-48-52-56-60-71-65(70)59-55-51-47-43-39-35-18-16-14-12-10-8-6-4-2/h16,18,23,25,53,57,62-63,67-68H,3-15,17,19-22,24,26-52,54-56,58-61H2,1-2H3,(H,66,69)/b18-16-,25-23-,57-53+. The van der Waals surface area contributed by atoms with E-state index in [0.29, 0.717) is 19.4 Å². The summed E-state index contributed by atoms with van der Waals surface area (Å²) in [4.78, 5) is 24.5. The summed E-state index contributed by atoms with van der Waals surface area (Å²) in [6.07, 6.45) is 76.1. The Bertz CT molecular complexity index is 1150. The molecule has 1 amide bonds. The van der Waals surface area contributed by atoms with Crippen LogP contribution in [0.25, 0.3) is 0 Å². The Morgan fingerprint density at radius 2 is 0.662 bits per heavy atom. The number of allylic oxidation sites excluding steroid dienone is 5. The van der Waals surface area contributed by atoms with Gasteiger partial charge in [-0.15, -0.1) is 0 Å². The first kappa shape index (κ1) is 69.1. The van der Waals surface area contributed by atoms with Crippen molar-refractivity contribution >= 4 is 11.9 Å². The van der Waals surface area contributed by atoms with E-state index in [9.17, 15) is 19.8 Å². The van der Waals surface area contributed by atoms with Gasteiger partial charge in [0.1, 0.15) is 0 Å². The second-order valence-corrected chi connectivity index (χ2v) is 21.7. The molecule has 418 valence electrons. The van der Waals surface area contributed by atoms with Crippen LogP contribution in [0.2, 0.25) is 0 Å². The van der Waals surface area contributed by atoms with E-state index < -0.39 is 12.1 Å². The maximum atomic E-state index is 12.5. The summed E-state index contributed by atoms with van der Waals surface area (Å²) in [6, 6.07) is -0.636. The summed E-state index contributed by atoms with van der Waals surface area (Å²) in [7, 11) is 0. The average molecular weight is 999 g/mol. The van der Waals surface area contributed by atoms with Gasteiger partial charge in [0.2, 0.25) is 5.91 Å². The Hall–Kier alpha value is -1.92. The van der Waals surface area contributed by atoms with Crippen molar-refractivity contribution in [2.45, 2.75) is 353 Å². The molecule has 0 bridgehead atoms. The van der Waals surface area contributed by atoms with Gasteiger partial charge in [0.05, 0.1) is 25.4 Å². The predicted molar refractivity (Wildman–Crippen MR) is 310 cm³/mol. The Morgan fingerprint density at radius 3 is 1.00 bits per heavy atom. The molecule has 6 heteroatoms. The molecule has 3 N–H and O–H groups in total. The first-order valence-electron chi connectivity index (χ1n) is 31.8.